The molecule has 2 saturated heterocycles. The molecule has 4 heterocycles. The number of nitrogens with zero attached hydrogens (tertiary/aromatic N) is 5. The van der Waals surface area contributed by atoms with E-state index < -0.39 is 27.5 Å². The van der Waals surface area contributed by atoms with Gasteiger partial charge in [0.05, 0.1) is 4.90 Å². The van der Waals surface area contributed by atoms with E-state index in [-0.39, 0.29) is 23.1 Å². The van der Waals surface area contributed by atoms with E-state index in [0.717, 1.165) is 67.4 Å². The van der Waals surface area contributed by atoms with Gasteiger partial charge in [-0.2, -0.15) is 4.98 Å². The van der Waals surface area contributed by atoms with E-state index in [2.05, 4.69) is 46.5 Å². The zero-order valence-electron chi connectivity index (χ0n) is 32.7. The summed E-state index contributed by atoms with van der Waals surface area (Å²) < 4.78 is 34.5. The highest BCUT2D eigenvalue weighted by Crippen LogP contribution is 2.29. The number of aromatic nitrogens is 2. The number of fused-ring (bicyclic) bond motifs is 1. The zero-order chi connectivity index (χ0) is 40.3. The minimum atomic E-state index is -3.70. The SMILES string of the molecule is Cc1cnc(Nc2ccc(OCCN3CCN(Cc4ccc5c(c4)CN(C4CCC(=O)NC4=O)C5=O)CC3)cc2)nc1Nc1cccc(S(=O)(=O)NC(C)(C)C)c1. The molecule has 0 bridgehead atoms. The molecule has 15 nitrogen and oxygen atoms in total. The molecule has 4 aromatic rings. The smallest absolute Gasteiger partial charge is 0.255 e. The van der Waals surface area contributed by atoms with Gasteiger partial charge in [0.1, 0.15) is 24.2 Å². The number of piperidine rings is 1. The number of sulfonamides is 1. The molecule has 2 fully saturated rings. The maximum Gasteiger partial charge on any atom is 0.255 e. The number of carbonyl (C=O) groups excluding carboxylic acids is 3. The van der Waals surface area contributed by atoms with Crippen molar-refractivity contribution in [2.75, 3.05) is 50.0 Å². The molecule has 0 aliphatic carbocycles. The number of rotatable bonds is 13. The molecule has 0 spiro atoms. The first-order chi connectivity index (χ1) is 27.2. The number of nitrogens with one attached hydrogen (secondary N) is 4. The Hall–Kier alpha value is -5.42. The Morgan fingerprint density at radius 3 is 2.40 bits per heavy atom. The van der Waals surface area contributed by atoms with E-state index in [1.54, 1.807) is 56.1 Å². The lowest BCUT2D eigenvalue weighted by Crippen LogP contribution is -2.52. The highest BCUT2D eigenvalue weighted by atomic mass is 32.2. The van der Waals surface area contributed by atoms with Gasteiger partial charge < -0.3 is 20.3 Å². The normalized spacial score (nSPS) is 18.0. The topological polar surface area (TPSA) is 178 Å². The number of carbonyl (C=O) groups is 3. The third-order valence-corrected chi connectivity index (χ3v) is 11.8. The summed E-state index contributed by atoms with van der Waals surface area (Å²) >= 11 is 0. The fourth-order valence-corrected chi connectivity index (χ4v) is 8.64. The molecule has 3 amide bonds. The molecule has 3 aliphatic heterocycles. The Bertz CT molecular complexity index is 2250. The van der Waals surface area contributed by atoms with Crippen LogP contribution in [0, 0.1) is 6.92 Å². The van der Waals surface area contributed by atoms with Crippen LogP contribution in [-0.2, 0) is 32.7 Å². The summed E-state index contributed by atoms with van der Waals surface area (Å²) in [6, 6.07) is 19.6. The minimum absolute atomic E-state index is 0.151. The standard InChI is InChI=1S/C41H49N9O6S/c1-27-24-42-40(46-37(27)43-31-6-5-7-33(23-31)57(54,55)47-41(2,3)4)44-30-9-11-32(12-10-30)56-21-20-48-16-18-49(19-17-48)25-28-8-13-34-29(22-28)26-50(39(34)53)35-14-15-36(51)45-38(35)52/h5-13,22-24,35,47H,14-21,25-26H2,1-4H3,(H,45,51,52)(H2,42,43,44,46). The van der Waals surface area contributed by atoms with Gasteiger partial charge in [0.25, 0.3) is 5.91 Å². The number of hydrogen-bond acceptors (Lipinski definition) is 12. The van der Waals surface area contributed by atoms with Crippen molar-refractivity contribution < 1.29 is 27.5 Å². The van der Waals surface area contributed by atoms with E-state index in [4.69, 9.17) is 4.74 Å². The van der Waals surface area contributed by atoms with Gasteiger partial charge >= 0.3 is 0 Å². The third-order valence-electron chi connectivity index (χ3n) is 10.1. The van der Waals surface area contributed by atoms with Crippen LogP contribution in [0.1, 0.15) is 60.7 Å². The van der Waals surface area contributed by atoms with Crippen molar-refractivity contribution in [3.8, 4) is 5.75 Å². The van der Waals surface area contributed by atoms with Gasteiger partial charge in [-0.3, -0.25) is 29.5 Å². The van der Waals surface area contributed by atoms with Gasteiger partial charge in [-0.15, -0.1) is 0 Å². The Morgan fingerprint density at radius 2 is 1.67 bits per heavy atom. The molecular weight excluding hydrogens is 747 g/mol. The summed E-state index contributed by atoms with van der Waals surface area (Å²) in [5.74, 6) is 0.858. The maximum atomic E-state index is 13.1. The molecule has 4 N–H and O–H groups in total. The molecule has 0 radical (unpaired) electrons. The molecule has 1 atom stereocenters. The van der Waals surface area contributed by atoms with Gasteiger partial charge in [0, 0.05) is 86.5 Å². The van der Waals surface area contributed by atoms with Crippen LogP contribution in [0.25, 0.3) is 0 Å². The van der Waals surface area contributed by atoms with Crippen molar-refractivity contribution in [2.24, 2.45) is 0 Å². The number of anilines is 4. The van der Waals surface area contributed by atoms with Crippen molar-refractivity contribution in [3.05, 3.63) is 95.2 Å². The Labute approximate surface area is 333 Å². The van der Waals surface area contributed by atoms with E-state index in [1.807, 2.05) is 43.3 Å². The lowest BCUT2D eigenvalue weighted by molar-refractivity contribution is -0.136. The van der Waals surface area contributed by atoms with Crippen LogP contribution in [0.3, 0.4) is 0 Å². The minimum Gasteiger partial charge on any atom is -0.492 e. The quantitative estimate of drug-likeness (QED) is 0.141. The van der Waals surface area contributed by atoms with Gasteiger partial charge in [-0.05, 0) is 93.8 Å². The molecule has 7 rings (SSSR count). The average molecular weight is 796 g/mol. The number of aryl methyl sites for hydroxylation is 1. The van der Waals surface area contributed by atoms with Crippen LogP contribution in [0.5, 0.6) is 5.75 Å². The number of piperazine rings is 1. The number of hydrogen-bond donors (Lipinski definition) is 4. The molecule has 57 heavy (non-hydrogen) atoms. The Morgan fingerprint density at radius 1 is 0.912 bits per heavy atom. The van der Waals surface area contributed by atoms with Crippen LogP contribution in [0.2, 0.25) is 0 Å². The van der Waals surface area contributed by atoms with E-state index in [0.29, 0.717) is 42.6 Å². The van der Waals surface area contributed by atoms with Crippen LogP contribution in [-0.4, -0.2) is 102 Å². The predicted octanol–water partition coefficient (Wildman–Crippen LogP) is 4.31. The second-order valence-corrected chi connectivity index (χ2v) is 17.4. The first-order valence-electron chi connectivity index (χ1n) is 19.1. The van der Waals surface area contributed by atoms with Gasteiger partial charge in [-0.1, -0.05) is 18.2 Å². The van der Waals surface area contributed by atoms with E-state index in [9.17, 15) is 22.8 Å². The summed E-state index contributed by atoms with van der Waals surface area (Å²) in [6.45, 7) is 13.5. The second kappa shape index (κ2) is 16.6. The van der Waals surface area contributed by atoms with Crippen molar-refractivity contribution in [3.63, 3.8) is 0 Å². The molecule has 300 valence electrons. The summed E-state index contributed by atoms with van der Waals surface area (Å²) in [4.78, 5) is 52.6. The second-order valence-electron chi connectivity index (χ2n) is 15.7. The molecule has 3 aliphatic rings. The summed E-state index contributed by atoms with van der Waals surface area (Å²) in [6.07, 6.45) is 2.30. The largest absolute Gasteiger partial charge is 0.492 e. The van der Waals surface area contributed by atoms with Crippen LogP contribution in [0.4, 0.5) is 23.1 Å². The van der Waals surface area contributed by atoms with Crippen molar-refractivity contribution >= 4 is 50.9 Å². The molecule has 1 aromatic heterocycles. The van der Waals surface area contributed by atoms with Gasteiger partial charge in [0.2, 0.25) is 27.8 Å². The number of ether oxygens (including phenoxy) is 1. The first-order valence-corrected chi connectivity index (χ1v) is 20.6. The Kier molecular flexibility index (Phi) is 11.6. The molecule has 0 saturated carbocycles. The number of benzene rings is 3. The lowest BCUT2D eigenvalue weighted by atomic mass is 10.0. The fraction of sp³-hybridized carbons (Fsp3) is 0.390. The lowest BCUT2D eigenvalue weighted by Gasteiger charge is -2.34. The molecular formula is C41H49N9O6S. The highest BCUT2D eigenvalue weighted by molar-refractivity contribution is 7.89. The number of imide groups is 1. The first kappa shape index (κ1) is 39.8. The summed E-state index contributed by atoms with van der Waals surface area (Å²) in [5, 5.41) is 8.82. The monoisotopic (exact) mass is 795 g/mol. The van der Waals surface area contributed by atoms with Crippen molar-refractivity contribution in [2.45, 2.75) is 70.1 Å². The fourth-order valence-electron chi connectivity index (χ4n) is 7.18. The van der Waals surface area contributed by atoms with E-state index in [1.165, 1.54) is 0 Å². The highest BCUT2D eigenvalue weighted by Gasteiger charge is 2.39. The number of amides is 3. The van der Waals surface area contributed by atoms with Crippen molar-refractivity contribution in [1.82, 2.24) is 34.7 Å². The Balaban J connectivity index is 0.846. The molecule has 1 unspecified atom stereocenters. The van der Waals surface area contributed by atoms with Crippen LogP contribution in [0.15, 0.2) is 77.8 Å². The predicted molar refractivity (Wildman–Crippen MR) is 216 cm³/mol. The van der Waals surface area contributed by atoms with E-state index >= 15 is 0 Å². The van der Waals surface area contributed by atoms with Crippen molar-refractivity contribution in [1.29, 1.82) is 0 Å². The molecule has 16 heteroatoms. The van der Waals surface area contributed by atoms with Gasteiger partial charge in [0.15, 0.2) is 0 Å². The zero-order valence-corrected chi connectivity index (χ0v) is 33.5. The average Bonchev–Trinajstić information content (AvgIpc) is 3.48. The summed E-state index contributed by atoms with van der Waals surface area (Å²) in [5.41, 5.74) is 4.26. The third kappa shape index (κ3) is 9.94. The van der Waals surface area contributed by atoms with Gasteiger partial charge in [-0.25, -0.2) is 18.1 Å². The summed E-state index contributed by atoms with van der Waals surface area (Å²) in [7, 11) is -3.70. The van der Waals surface area contributed by atoms with Crippen LogP contribution < -0.4 is 25.4 Å². The maximum absolute atomic E-state index is 13.1. The van der Waals surface area contributed by atoms with Crippen LogP contribution >= 0.6 is 0 Å². The molecule has 3 aromatic carbocycles.